The standard InChI is InChI=1S/C21H19ClO3/c1-13(2)20-16(10-14-6-4-3-5-7-14)21(24)25-19(20)12-15-8-9-18(23)17(22)11-15/h3-9,11-13,23H,10H2,1-2H3/b19-12-. The monoisotopic (exact) mass is 354 g/mol. The molecule has 0 fully saturated rings. The van der Waals surface area contributed by atoms with Crippen LogP contribution in [0.2, 0.25) is 5.02 Å². The topological polar surface area (TPSA) is 46.5 Å². The summed E-state index contributed by atoms with van der Waals surface area (Å²) in [6.45, 7) is 4.08. The lowest BCUT2D eigenvalue weighted by atomic mass is 9.92. The van der Waals surface area contributed by atoms with Gasteiger partial charge in [0.25, 0.3) is 0 Å². The third kappa shape index (κ3) is 3.77. The zero-order chi connectivity index (χ0) is 18.0. The van der Waals surface area contributed by atoms with Crippen LogP contribution >= 0.6 is 11.6 Å². The Morgan fingerprint density at radius 1 is 1.16 bits per heavy atom. The SMILES string of the molecule is CC(C)C1=C(Cc2ccccc2)C(=O)O/C1=C\c1ccc(O)c(Cl)c1. The van der Waals surface area contributed by atoms with Crippen molar-refractivity contribution in [2.45, 2.75) is 20.3 Å². The summed E-state index contributed by atoms with van der Waals surface area (Å²) in [5.41, 5.74) is 3.45. The quantitative estimate of drug-likeness (QED) is 0.773. The van der Waals surface area contributed by atoms with E-state index in [4.69, 9.17) is 16.3 Å². The van der Waals surface area contributed by atoms with Gasteiger partial charge in [0.2, 0.25) is 0 Å². The molecule has 128 valence electrons. The van der Waals surface area contributed by atoms with Crippen LogP contribution in [0.4, 0.5) is 0 Å². The number of benzene rings is 2. The number of halogens is 1. The van der Waals surface area contributed by atoms with Gasteiger partial charge in [0, 0.05) is 17.6 Å². The molecule has 2 aromatic rings. The predicted molar refractivity (Wildman–Crippen MR) is 99.2 cm³/mol. The summed E-state index contributed by atoms with van der Waals surface area (Å²) < 4.78 is 5.54. The van der Waals surface area contributed by atoms with E-state index >= 15 is 0 Å². The third-order valence-electron chi connectivity index (χ3n) is 4.11. The van der Waals surface area contributed by atoms with Crippen molar-refractivity contribution in [1.82, 2.24) is 0 Å². The van der Waals surface area contributed by atoms with Crippen LogP contribution in [0.1, 0.15) is 25.0 Å². The molecular weight excluding hydrogens is 336 g/mol. The van der Waals surface area contributed by atoms with Gasteiger partial charge < -0.3 is 9.84 Å². The number of hydrogen-bond acceptors (Lipinski definition) is 3. The molecule has 0 bridgehead atoms. The van der Waals surface area contributed by atoms with Gasteiger partial charge in [-0.15, -0.1) is 0 Å². The van der Waals surface area contributed by atoms with Crippen molar-refractivity contribution in [3.63, 3.8) is 0 Å². The van der Waals surface area contributed by atoms with E-state index in [0.29, 0.717) is 17.8 Å². The van der Waals surface area contributed by atoms with Crippen molar-refractivity contribution in [3.05, 3.63) is 81.6 Å². The zero-order valence-electron chi connectivity index (χ0n) is 14.1. The maximum atomic E-state index is 12.4. The van der Waals surface area contributed by atoms with Gasteiger partial charge in [-0.3, -0.25) is 0 Å². The number of carbonyl (C=O) groups is 1. The fourth-order valence-corrected chi connectivity index (χ4v) is 3.14. The van der Waals surface area contributed by atoms with Gasteiger partial charge in [0.1, 0.15) is 11.5 Å². The van der Waals surface area contributed by atoms with Gasteiger partial charge >= 0.3 is 5.97 Å². The van der Waals surface area contributed by atoms with Crippen LogP contribution in [-0.2, 0) is 16.0 Å². The molecule has 1 N–H and O–H groups in total. The average Bonchev–Trinajstić information content (AvgIpc) is 2.87. The highest BCUT2D eigenvalue weighted by molar-refractivity contribution is 6.32. The minimum atomic E-state index is -0.302. The lowest BCUT2D eigenvalue weighted by molar-refractivity contribution is -0.133. The Balaban J connectivity index is 2.01. The van der Waals surface area contributed by atoms with Crippen molar-refractivity contribution >= 4 is 23.6 Å². The number of phenols is 1. The lowest BCUT2D eigenvalue weighted by Gasteiger charge is -2.09. The maximum Gasteiger partial charge on any atom is 0.340 e. The van der Waals surface area contributed by atoms with E-state index in [1.165, 1.54) is 6.07 Å². The molecule has 25 heavy (non-hydrogen) atoms. The van der Waals surface area contributed by atoms with E-state index in [2.05, 4.69) is 0 Å². The molecule has 0 atom stereocenters. The van der Waals surface area contributed by atoms with Crippen molar-refractivity contribution in [3.8, 4) is 5.75 Å². The smallest absolute Gasteiger partial charge is 0.340 e. The van der Waals surface area contributed by atoms with Crippen molar-refractivity contribution in [2.24, 2.45) is 5.92 Å². The van der Waals surface area contributed by atoms with Crippen LogP contribution in [-0.4, -0.2) is 11.1 Å². The molecule has 0 spiro atoms. The molecule has 0 radical (unpaired) electrons. The predicted octanol–water partition coefficient (Wildman–Crippen LogP) is 5.14. The summed E-state index contributed by atoms with van der Waals surface area (Å²) in [5.74, 6) is 0.414. The molecule has 3 rings (SSSR count). The molecule has 0 amide bonds. The van der Waals surface area contributed by atoms with Gasteiger partial charge in [-0.2, -0.15) is 0 Å². The van der Waals surface area contributed by atoms with Crippen LogP contribution in [0.5, 0.6) is 5.75 Å². The van der Waals surface area contributed by atoms with E-state index in [1.54, 1.807) is 18.2 Å². The number of rotatable bonds is 4. The van der Waals surface area contributed by atoms with Crippen molar-refractivity contribution < 1.29 is 14.6 Å². The summed E-state index contributed by atoms with van der Waals surface area (Å²) in [4.78, 5) is 12.4. The van der Waals surface area contributed by atoms with E-state index < -0.39 is 0 Å². The molecule has 0 saturated heterocycles. The van der Waals surface area contributed by atoms with E-state index in [-0.39, 0.29) is 22.7 Å². The second-order valence-electron chi connectivity index (χ2n) is 6.32. The summed E-state index contributed by atoms with van der Waals surface area (Å²) >= 11 is 5.96. The molecule has 1 aliphatic rings. The number of phenolic OH excluding ortho intramolecular Hbond substituents is 1. The zero-order valence-corrected chi connectivity index (χ0v) is 14.9. The van der Waals surface area contributed by atoms with Crippen LogP contribution in [0.25, 0.3) is 6.08 Å². The number of ether oxygens (including phenoxy) is 1. The summed E-state index contributed by atoms with van der Waals surface area (Å²) in [6.07, 6.45) is 2.33. The molecule has 0 saturated carbocycles. The van der Waals surface area contributed by atoms with Crippen LogP contribution < -0.4 is 0 Å². The van der Waals surface area contributed by atoms with Crippen LogP contribution in [0.15, 0.2) is 65.4 Å². The Morgan fingerprint density at radius 3 is 2.52 bits per heavy atom. The summed E-state index contributed by atoms with van der Waals surface area (Å²) in [6, 6.07) is 14.8. The molecular formula is C21H19ClO3. The number of carbonyl (C=O) groups excluding carboxylic acids is 1. The van der Waals surface area contributed by atoms with Gasteiger partial charge in [0.15, 0.2) is 0 Å². The molecule has 4 heteroatoms. The second-order valence-corrected chi connectivity index (χ2v) is 6.73. The highest BCUT2D eigenvalue weighted by Gasteiger charge is 2.31. The first-order valence-corrected chi connectivity index (χ1v) is 8.53. The first-order chi connectivity index (χ1) is 12.0. The summed E-state index contributed by atoms with van der Waals surface area (Å²) in [7, 11) is 0. The number of allylic oxidation sites excluding steroid dienone is 1. The highest BCUT2D eigenvalue weighted by Crippen LogP contribution is 2.35. The fraction of sp³-hybridized carbons (Fsp3) is 0.190. The van der Waals surface area contributed by atoms with E-state index in [1.807, 2.05) is 44.2 Å². The average molecular weight is 355 g/mol. The highest BCUT2D eigenvalue weighted by atomic mass is 35.5. The van der Waals surface area contributed by atoms with E-state index in [9.17, 15) is 9.90 Å². The number of aromatic hydroxyl groups is 1. The van der Waals surface area contributed by atoms with Crippen molar-refractivity contribution in [2.75, 3.05) is 0 Å². The third-order valence-corrected chi connectivity index (χ3v) is 4.41. The molecule has 2 aromatic carbocycles. The maximum absolute atomic E-state index is 12.4. The Labute approximate surface area is 152 Å². The molecule has 0 aliphatic carbocycles. The number of hydrogen-bond donors (Lipinski definition) is 1. The minimum Gasteiger partial charge on any atom is -0.506 e. The van der Waals surface area contributed by atoms with Crippen molar-refractivity contribution in [1.29, 1.82) is 0 Å². The normalized spacial score (nSPS) is 16.0. The van der Waals surface area contributed by atoms with E-state index in [0.717, 1.165) is 16.7 Å². The summed E-state index contributed by atoms with van der Waals surface area (Å²) in [5, 5.41) is 9.81. The molecule has 0 aromatic heterocycles. The van der Waals surface area contributed by atoms with Gasteiger partial charge in [-0.25, -0.2) is 4.79 Å². The van der Waals surface area contributed by atoms with Gasteiger partial charge in [-0.1, -0.05) is 61.8 Å². The van der Waals surface area contributed by atoms with Crippen LogP contribution in [0, 0.1) is 5.92 Å². The van der Waals surface area contributed by atoms with Gasteiger partial charge in [0.05, 0.1) is 5.02 Å². The lowest BCUT2D eigenvalue weighted by Crippen LogP contribution is -2.03. The second kappa shape index (κ2) is 7.16. The number of esters is 1. The Bertz CT molecular complexity index is 864. The largest absolute Gasteiger partial charge is 0.506 e. The Morgan fingerprint density at radius 2 is 1.88 bits per heavy atom. The Hall–Kier alpha value is -2.52. The first kappa shape index (κ1) is 17.3. The minimum absolute atomic E-state index is 0.0247. The van der Waals surface area contributed by atoms with Gasteiger partial charge in [-0.05, 0) is 35.3 Å². The fourth-order valence-electron chi connectivity index (χ4n) is 2.95. The van der Waals surface area contributed by atoms with Crippen LogP contribution in [0.3, 0.4) is 0 Å². The Kier molecular flexibility index (Phi) is 4.95. The molecule has 1 aliphatic heterocycles. The molecule has 1 heterocycles. The molecule has 3 nitrogen and oxygen atoms in total. The first-order valence-electron chi connectivity index (χ1n) is 8.15. The number of cyclic esters (lactones) is 1. The molecule has 0 unspecified atom stereocenters.